The molecular weight excluding hydrogens is 588 g/mol. The summed E-state index contributed by atoms with van der Waals surface area (Å²) in [7, 11) is 0. The third-order valence-electron chi connectivity index (χ3n) is 9.51. The maximum absolute atomic E-state index is 12.8. The van der Waals surface area contributed by atoms with Crippen LogP contribution in [-0.2, 0) is 9.53 Å². The molecule has 0 aliphatic carbocycles. The van der Waals surface area contributed by atoms with Crippen LogP contribution in [0.2, 0.25) is 0 Å². The Balaban J connectivity index is 1.55. The summed E-state index contributed by atoms with van der Waals surface area (Å²) < 4.78 is 14.6. The number of benzene rings is 2. The summed E-state index contributed by atoms with van der Waals surface area (Å²) in [6.45, 7) is 15.7. The summed E-state index contributed by atoms with van der Waals surface area (Å²) in [6, 6.07) is 16.7. The van der Waals surface area contributed by atoms with Crippen molar-refractivity contribution in [1.29, 1.82) is 0 Å². The second kappa shape index (κ2) is 12.8. The minimum atomic E-state index is -1.19. The maximum atomic E-state index is 12.8. The molecule has 8 heteroatoms. The molecule has 4 aromatic rings. The lowest BCUT2D eigenvalue weighted by Gasteiger charge is -2.41. The first-order valence-corrected chi connectivity index (χ1v) is 16.9. The molecule has 3 aliphatic rings. The smallest absolute Gasteiger partial charge is 0.337 e. The summed E-state index contributed by atoms with van der Waals surface area (Å²) in [5.74, 6) is 0.579. The second-order valence-electron chi connectivity index (χ2n) is 14.7. The van der Waals surface area contributed by atoms with Crippen molar-refractivity contribution in [3.63, 3.8) is 0 Å². The van der Waals surface area contributed by atoms with Gasteiger partial charge in [-0.15, -0.1) is 0 Å². The number of rotatable bonds is 3. The lowest BCUT2D eigenvalue weighted by atomic mass is 9.76. The molecule has 2 aromatic heterocycles. The topological polar surface area (TPSA) is 89.2 Å². The Labute approximate surface area is 278 Å². The minimum absolute atomic E-state index is 0.0394. The number of allylic oxidation sites excluding steroid dienone is 1. The van der Waals surface area contributed by atoms with Gasteiger partial charge in [0.15, 0.2) is 11.8 Å². The average Bonchev–Trinajstić information content (AvgIpc) is 3.43. The zero-order chi connectivity index (χ0) is 33.5. The first-order chi connectivity index (χ1) is 22.3. The fourth-order valence-corrected chi connectivity index (χ4v) is 6.88. The molecule has 8 nitrogen and oxygen atoms in total. The summed E-state index contributed by atoms with van der Waals surface area (Å²) in [5.41, 5.74) is 6.35. The molecular formula is C39H48N4O4. The van der Waals surface area contributed by atoms with Gasteiger partial charge in [0.25, 0.3) is 0 Å². The van der Waals surface area contributed by atoms with E-state index < -0.39 is 17.7 Å². The number of aliphatic carboxylic acids is 1. The highest BCUT2D eigenvalue weighted by Gasteiger charge is 2.37. The van der Waals surface area contributed by atoms with E-state index in [0.717, 1.165) is 84.7 Å². The van der Waals surface area contributed by atoms with Gasteiger partial charge >= 0.3 is 5.97 Å². The Morgan fingerprint density at radius 1 is 1.04 bits per heavy atom. The van der Waals surface area contributed by atoms with Crippen LogP contribution in [-0.4, -0.2) is 50.5 Å². The molecule has 1 N–H and O–H groups in total. The van der Waals surface area contributed by atoms with Gasteiger partial charge in [0.05, 0.1) is 23.0 Å². The van der Waals surface area contributed by atoms with Crippen LogP contribution in [0, 0.1) is 19.3 Å². The number of hydrogen-bond donors (Lipinski definition) is 1. The van der Waals surface area contributed by atoms with Gasteiger partial charge in [-0.25, -0.2) is 9.78 Å². The minimum Gasteiger partial charge on any atom is -0.490 e. The fourth-order valence-electron chi connectivity index (χ4n) is 6.88. The highest BCUT2D eigenvalue weighted by molar-refractivity contribution is 5.80. The lowest BCUT2D eigenvalue weighted by molar-refractivity contribution is -0.160. The SMILES string of the molecule is Cc1ccc2c(c1)-c1cccc(c1)-c1cc3nc(C)c([C@H](OC(C)(C)C)C(=O)O)c(n3n1)N1CCC(C)(CC/C=C/CC(C)O2)CC1. The third kappa shape index (κ3) is 7.08. The van der Waals surface area contributed by atoms with Crippen molar-refractivity contribution in [1.82, 2.24) is 14.6 Å². The average molecular weight is 637 g/mol. The quantitative estimate of drug-likeness (QED) is 0.225. The summed E-state index contributed by atoms with van der Waals surface area (Å²) in [5, 5.41) is 15.6. The van der Waals surface area contributed by atoms with Gasteiger partial charge in [0, 0.05) is 42.4 Å². The van der Waals surface area contributed by atoms with Crippen LogP contribution in [0.25, 0.3) is 28.0 Å². The van der Waals surface area contributed by atoms with Crippen LogP contribution >= 0.6 is 0 Å². The van der Waals surface area contributed by atoms with E-state index in [-0.39, 0.29) is 11.5 Å². The molecule has 3 aliphatic heterocycles. The molecule has 0 radical (unpaired) electrons. The molecule has 47 heavy (non-hydrogen) atoms. The Kier molecular flexibility index (Phi) is 8.92. The van der Waals surface area contributed by atoms with Crippen molar-refractivity contribution >= 4 is 17.4 Å². The number of carbonyl (C=O) groups is 1. The van der Waals surface area contributed by atoms with Crippen LogP contribution in [0.1, 0.15) is 89.6 Å². The van der Waals surface area contributed by atoms with Crippen molar-refractivity contribution < 1.29 is 19.4 Å². The highest BCUT2D eigenvalue weighted by Crippen LogP contribution is 2.42. The number of piperidine rings is 1. The molecule has 6 bridgehead atoms. The fraction of sp³-hybridized carbons (Fsp3) is 0.462. The van der Waals surface area contributed by atoms with Crippen molar-refractivity contribution in [2.45, 2.75) is 98.4 Å². The van der Waals surface area contributed by atoms with Gasteiger partial charge in [0.1, 0.15) is 11.6 Å². The number of hydrogen-bond acceptors (Lipinski definition) is 6. The second-order valence-corrected chi connectivity index (χ2v) is 14.7. The van der Waals surface area contributed by atoms with Crippen LogP contribution in [0.4, 0.5) is 5.82 Å². The summed E-state index contributed by atoms with van der Waals surface area (Å²) in [4.78, 5) is 20.1. The van der Waals surface area contributed by atoms with Gasteiger partial charge in [-0.3, -0.25) is 0 Å². The lowest BCUT2D eigenvalue weighted by Crippen LogP contribution is -2.41. The summed E-state index contributed by atoms with van der Waals surface area (Å²) >= 11 is 0. The van der Waals surface area contributed by atoms with Crippen LogP contribution < -0.4 is 9.64 Å². The number of nitrogens with zero attached hydrogens (tertiary/aromatic N) is 4. The third-order valence-corrected chi connectivity index (χ3v) is 9.51. The van der Waals surface area contributed by atoms with E-state index in [1.165, 1.54) is 0 Å². The van der Waals surface area contributed by atoms with E-state index >= 15 is 0 Å². The first kappa shape index (κ1) is 32.8. The van der Waals surface area contributed by atoms with Crippen molar-refractivity contribution in [3.8, 4) is 28.1 Å². The predicted molar refractivity (Wildman–Crippen MR) is 187 cm³/mol. The summed E-state index contributed by atoms with van der Waals surface area (Å²) in [6.07, 6.45) is 8.35. The van der Waals surface area contributed by atoms with E-state index in [9.17, 15) is 9.90 Å². The highest BCUT2D eigenvalue weighted by atomic mass is 16.5. The number of anilines is 1. The Bertz CT molecular complexity index is 1810. The first-order valence-electron chi connectivity index (χ1n) is 16.9. The van der Waals surface area contributed by atoms with Gasteiger partial charge in [-0.1, -0.05) is 48.9 Å². The molecule has 1 saturated heterocycles. The number of aromatic nitrogens is 3. The number of carboxylic acid groups (broad SMARTS) is 1. The van der Waals surface area contributed by atoms with E-state index in [1.54, 1.807) is 0 Å². The molecule has 7 rings (SSSR count). The van der Waals surface area contributed by atoms with Gasteiger partial charge in [-0.2, -0.15) is 9.61 Å². The number of ether oxygens (including phenoxy) is 2. The molecule has 0 amide bonds. The van der Waals surface area contributed by atoms with Crippen LogP contribution in [0.5, 0.6) is 5.75 Å². The van der Waals surface area contributed by atoms with E-state index in [0.29, 0.717) is 16.9 Å². The van der Waals surface area contributed by atoms with E-state index in [4.69, 9.17) is 19.6 Å². The molecule has 5 heterocycles. The molecule has 2 atom stereocenters. The Hall–Kier alpha value is -4.17. The van der Waals surface area contributed by atoms with Gasteiger partial charge in [-0.05, 0) is 96.4 Å². The molecule has 1 unspecified atom stereocenters. The maximum Gasteiger partial charge on any atom is 0.337 e. The molecule has 2 aromatic carbocycles. The standard InChI is InChI=1S/C39H48N4O4/c1-25-15-16-32-30(22-25)28-13-11-14-29(23-28)31-24-33-40-27(3)34(35(37(44)45)47-38(4,5)6)36(43(33)41-31)42-20-18-39(7,19-21-42)17-10-8-9-12-26(2)46-32/h8-9,11,13-16,22-24,26,35H,10,12,17-21H2,1-7H3,(H,44,45)/b9-8+/t26?,35-/m0/s1. The number of aryl methyl sites for hydroxylation is 2. The van der Waals surface area contributed by atoms with Crippen molar-refractivity contribution in [3.05, 3.63) is 77.5 Å². The van der Waals surface area contributed by atoms with Crippen molar-refractivity contribution in [2.24, 2.45) is 5.41 Å². The molecule has 1 fully saturated rings. The van der Waals surface area contributed by atoms with Crippen LogP contribution in [0.15, 0.2) is 60.7 Å². The van der Waals surface area contributed by atoms with Gasteiger partial charge in [0.2, 0.25) is 0 Å². The van der Waals surface area contributed by atoms with Crippen molar-refractivity contribution in [2.75, 3.05) is 18.0 Å². The largest absolute Gasteiger partial charge is 0.490 e. The monoisotopic (exact) mass is 636 g/mol. The molecule has 0 spiro atoms. The van der Waals surface area contributed by atoms with E-state index in [2.05, 4.69) is 74.2 Å². The van der Waals surface area contributed by atoms with E-state index in [1.807, 2.05) is 44.3 Å². The predicted octanol–water partition coefficient (Wildman–Crippen LogP) is 8.73. The number of carboxylic acids is 1. The number of fused-ring (bicyclic) bond motifs is 7. The van der Waals surface area contributed by atoms with Crippen LogP contribution in [0.3, 0.4) is 0 Å². The zero-order valence-electron chi connectivity index (χ0n) is 28.8. The Morgan fingerprint density at radius 2 is 1.79 bits per heavy atom. The normalized spacial score (nSPS) is 21.7. The molecule has 248 valence electrons. The molecule has 0 saturated carbocycles. The Morgan fingerprint density at radius 3 is 2.51 bits per heavy atom. The van der Waals surface area contributed by atoms with Gasteiger partial charge < -0.3 is 19.5 Å². The zero-order valence-corrected chi connectivity index (χ0v) is 28.8.